The predicted octanol–water partition coefficient (Wildman–Crippen LogP) is 8.00. The van der Waals surface area contributed by atoms with Gasteiger partial charge in [-0.1, -0.05) is 32.0 Å². The van der Waals surface area contributed by atoms with E-state index in [0.717, 1.165) is 106 Å². The molecule has 8 rings (SSSR count). The van der Waals surface area contributed by atoms with Gasteiger partial charge in [-0.25, -0.2) is 9.97 Å². The highest BCUT2D eigenvalue weighted by molar-refractivity contribution is 6.07. The number of aromatic amines is 2. The Kier molecular flexibility index (Phi) is 8.59. The van der Waals surface area contributed by atoms with Crippen LogP contribution in [0.15, 0.2) is 48.7 Å². The quantitative estimate of drug-likeness (QED) is 0.164. The second-order valence-electron chi connectivity index (χ2n) is 14.2. The van der Waals surface area contributed by atoms with Crippen LogP contribution in [-0.2, 0) is 20.9 Å². The van der Waals surface area contributed by atoms with Crippen LogP contribution >= 0.6 is 0 Å². The third kappa shape index (κ3) is 5.54. The number of amides is 2. The van der Waals surface area contributed by atoms with Gasteiger partial charge in [-0.2, -0.15) is 0 Å². The van der Waals surface area contributed by atoms with Gasteiger partial charge in [0.15, 0.2) is 0 Å². The zero-order valence-corrected chi connectivity index (χ0v) is 29.4. The highest BCUT2D eigenvalue weighted by atomic mass is 16.5. The van der Waals surface area contributed by atoms with Crippen molar-refractivity contribution in [2.45, 2.75) is 103 Å². The van der Waals surface area contributed by atoms with Gasteiger partial charge in [-0.05, 0) is 91.8 Å². The average molecular weight is 675 g/mol. The van der Waals surface area contributed by atoms with Gasteiger partial charge in [0.2, 0.25) is 11.8 Å². The first kappa shape index (κ1) is 32.5. The summed E-state index contributed by atoms with van der Waals surface area (Å²) in [5.41, 5.74) is 7.17. The van der Waals surface area contributed by atoms with E-state index in [0.29, 0.717) is 26.1 Å². The number of benzene rings is 3. The molecule has 2 N–H and O–H groups in total. The summed E-state index contributed by atoms with van der Waals surface area (Å²) in [7, 11) is 1.69. The van der Waals surface area contributed by atoms with E-state index in [1.807, 2.05) is 22.9 Å². The first-order valence-electron chi connectivity index (χ1n) is 18.3. The van der Waals surface area contributed by atoms with Gasteiger partial charge in [0.1, 0.15) is 24.0 Å². The number of H-pyrrole nitrogens is 2. The molecule has 4 unspecified atom stereocenters. The van der Waals surface area contributed by atoms with Crippen LogP contribution in [0.5, 0.6) is 5.75 Å². The van der Waals surface area contributed by atoms with Crippen molar-refractivity contribution in [1.29, 1.82) is 0 Å². The van der Waals surface area contributed by atoms with Crippen molar-refractivity contribution < 1.29 is 19.1 Å². The zero-order chi connectivity index (χ0) is 34.5. The van der Waals surface area contributed by atoms with E-state index in [-0.39, 0.29) is 36.0 Å². The van der Waals surface area contributed by atoms with Crippen LogP contribution in [-0.4, -0.2) is 67.4 Å². The second-order valence-corrected chi connectivity index (χ2v) is 14.2. The van der Waals surface area contributed by atoms with Crippen molar-refractivity contribution in [3.63, 3.8) is 0 Å². The lowest BCUT2D eigenvalue weighted by molar-refractivity contribution is -0.135. The Morgan fingerprint density at radius 2 is 1.68 bits per heavy atom. The zero-order valence-electron chi connectivity index (χ0n) is 29.4. The Balaban J connectivity index is 1.08. The number of rotatable bonds is 9. The lowest BCUT2D eigenvalue weighted by Gasteiger charge is -2.29. The van der Waals surface area contributed by atoms with Gasteiger partial charge in [0.05, 0.1) is 47.7 Å². The standard InChI is InChI=1S/C40H46N6O4/c1-5-7-36(47)45-23(3)9-15-34(45)40-42-31-14-11-24-18-30-28-13-10-25(17-26(28)21-50-35(30)19-29(24)38(31)44-40)32-20-41-39(43-32)33-16-12-27(22-49-4)46(33)37(48)8-6-2/h10-11,13-14,17-20,23,27,33-34H,5-9,12,15-16,21-22H2,1-4H3,(H,41,43)(H,42,44). The number of aromatic nitrogens is 4. The van der Waals surface area contributed by atoms with Crippen molar-refractivity contribution in [3.05, 3.63) is 65.9 Å². The number of hydrogen-bond donors (Lipinski definition) is 2. The molecule has 3 aliphatic rings. The molecule has 4 atom stereocenters. The molecular weight excluding hydrogens is 628 g/mol. The maximum atomic E-state index is 13.1. The van der Waals surface area contributed by atoms with E-state index in [9.17, 15) is 9.59 Å². The molecular formula is C40H46N6O4. The van der Waals surface area contributed by atoms with E-state index in [1.54, 1.807) is 7.11 Å². The Bertz CT molecular complexity index is 2080. The van der Waals surface area contributed by atoms with Gasteiger partial charge in [0, 0.05) is 36.9 Å². The lowest BCUT2D eigenvalue weighted by Crippen LogP contribution is -2.39. The lowest BCUT2D eigenvalue weighted by atomic mass is 9.92. The highest BCUT2D eigenvalue weighted by Gasteiger charge is 2.39. The molecule has 5 aromatic rings. The van der Waals surface area contributed by atoms with Crippen molar-refractivity contribution >= 4 is 33.6 Å². The molecule has 10 nitrogen and oxygen atoms in total. The number of imidazole rings is 2. The van der Waals surface area contributed by atoms with Crippen LogP contribution in [0.25, 0.3) is 44.2 Å². The molecule has 50 heavy (non-hydrogen) atoms. The third-order valence-corrected chi connectivity index (χ3v) is 10.9. The highest BCUT2D eigenvalue weighted by Crippen LogP contribution is 2.44. The molecule has 0 saturated carbocycles. The van der Waals surface area contributed by atoms with Gasteiger partial charge in [-0.3, -0.25) is 9.59 Å². The number of hydrogen-bond acceptors (Lipinski definition) is 6. The Morgan fingerprint density at radius 3 is 2.48 bits per heavy atom. The summed E-state index contributed by atoms with van der Waals surface area (Å²) in [5, 5.41) is 2.13. The molecule has 2 fully saturated rings. The van der Waals surface area contributed by atoms with E-state index in [4.69, 9.17) is 19.4 Å². The van der Waals surface area contributed by atoms with Gasteiger partial charge in [0.25, 0.3) is 0 Å². The van der Waals surface area contributed by atoms with Crippen molar-refractivity contribution in [3.8, 4) is 28.1 Å². The monoisotopic (exact) mass is 674 g/mol. The van der Waals surface area contributed by atoms with E-state index in [1.165, 1.54) is 0 Å². The van der Waals surface area contributed by atoms with Gasteiger partial charge in [-0.15, -0.1) is 0 Å². The second kappa shape index (κ2) is 13.2. The number of methoxy groups -OCH3 is 1. The van der Waals surface area contributed by atoms with Crippen LogP contribution in [0.1, 0.15) is 101 Å². The fourth-order valence-corrected chi connectivity index (χ4v) is 8.53. The molecule has 2 aromatic heterocycles. The molecule has 3 aromatic carbocycles. The number of likely N-dealkylation sites (tertiary alicyclic amines) is 2. The Morgan fingerprint density at radius 1 is 0.900 bits per heavy atom. The maximum absolute atomic E-state index is 13.1. The summed E-state index contributed by atoms with van der Waals surface area (Å²) in [4.78, 5) is 47.2. The van der Waals surface area contributed by atoms with Crippen molar-refractivity contribution in [1.82, 2.24) is 29.7 Å². The number of carbonyl (C=O) groups excluding carboxylic acids is 2. The van der Waals surface area contributed by atoms with E-state index in [2.05, 4.69) is 66.3 Å². The summed E-state index contributed by atoms with van der Waals surface area (Å²) in [6, 6.07) is 15.2. The average Bonchev–Trinajstić information content (AvgIpc) is 3.93. The topological polar surface area (TPSA) is 116 Å². The summed E-state index contributed by atoms with van der Waals surface area (Å²) < 4.78 is 11.9. The number of ether oxygens (including phenoxy) is 2. The van der Waals surface area contributed by atoms with Gasteiger partial charge >= 0.3 is 0 Å². The smallest absolute Gasteiger partial charge is 0.223 e. The van der Waals surface area contributed by atoms with Crippen molar-refractivity contribution in [2.75, 3.05) is 13.7 Å². The third-order valence-electron chi connectivity index (χ3n) is 10.9. The first-order chi connectivity index (χ1) is 24.4. The van der Waals surface area contributed by atoms with Gasteiger partial charge < -0.3 is 29.2 Å². The summed E-state index contributed by atoms with van der Waals surface area (Å²) in [6.45, 7) is 7.23. The number of nitrogens with zero attached hydrogens (tertiary/aromatic N) is 4. The summed E-state index contributed by atoms with van der Waals surface area (Å²) in [5.74, 6) is 2.90. The number of nitrogens with one attached hydrogen (secondary N) is 2. The fraction of sp³-hybridized carbons (Fsp3) is 0.450. The Labute approximate surface area is 292 Å². The minimum atomic E-state index is -0.0784. The molecule has 0 aliphatic carbocycles. The van der Waals surface area contributed by atoms with Crippen LogP contribution in [0.3, 0.4) is 0 Å². The normalized spacial score (nSPS) is 21.5. The molecule has 10 heteroatoms. The maximum Gasteiger partial charge on any atom is 0.223 e. The molecule has 0 radical (unpaired) electrons. The minimum absolute atomic E-state index is 0.0272. The molecule has 0 bridgehead atoms. The molecule has 2 saturated heterocycles. The molecule has 5 heterocycles. The molecule has 0 spiro atoms. The van der Waals surface area contributed by atoms with E-state index < -0.39 is 0 Å². The van der Waals surface area contributed by atoms with Crippen LogP contribution in [0.2, 0.25) is 0 Å². The van der Waals surface area contributed by atoms with Crippen LogP contribution in [0, 0.1) is 0 Å². The summed E-state index contributed by atoms with van der Waals surface area (Å²) >= 11 is 0. The number of fused-ring (bicyclic) bond motifs is 6. The van der Waals surface area contributed by atoms with Crippen LogP contribution < -0.4 is 4.74 Å². The first-order valence-corrected chi connectivity index (χ1v) is 18.3. The van der Waals surface area contributed by atoms with Crippen molar-refractivity contribution in [2.24, 2.45) is 0 Å². The summed E-state index contributed by atoms with van der Waals surface area (Å²) in [6.07, 6.45) is 8.29. The number of carbonyl (C=O) groups is 2. The predicted molar refractivity (Wildman–Crippen MR) is 194 cm³/mol. The SMILES string of the molecule is CCCC(=O)N1C(C)CCC1c1nc2c(ccc3cc4c(cc32)OCc2cc(-c3cnc(C5CCC(COC)N5C(=O)CCC)[nH]3)ccc2-4)[nH]1. The van der Waals surface area contributed by atoms with E-state index >= 15 is 0 Å². The largest absolute Gasteiger partial charge is 0.488 e. The minimum Gasteiger partial charge on any atom is -0.488 e. The molecule has 260 valence electrons. The molecule has 3 aliphatic heterocycles. The van der Waals surface area contributed by atoms with Crippen LogP contribution in [0.4, 0.5) is 0 Å². The Hall–Kier alpha value is -4.70. The molecule has 2 amide bonds. The fourth-order valence-electron chi connectivity index (χ4n) is 8.53.